The van der Waals surface area contributed by atoms with Crippen molar-refractivity contribution in [3.05, 3.63) is 79.8 Å². The highest BCUT2D eigenvalue weighted by Gasteiger charge is 2.32. The number of thioether (sulfide) groups is 1. The summed E-state index contributed by atoms with van der Waals surface area (Å²) in [6, 6.07) is 9.32. The second-order valence-electron chi connectivity index (χ2n) is 11.0. The summed E-state index contributed by atoms with van der Waals surface area (Å²) in [7, 11) is 1.45. The van der Waals surface area contributed by atoms with Gasteiger partial charge in [-0.15, -0.1) is 11.8 Å². The number of fused-ring (bicyclic) bond motifs is 1. The predicted octanol–water partition coefficient (Wildman–Crippen LogP) is 4.48. The van der Waals surface area contributed by atoms with Gasteiger partial charge in [-0.3, -0.25) is 18.7 Å². The van der Waals surface area contributed by atoms with Crippen molar-refractivity contribution in [1.29, 1.82) is 0 Å². The number of benzene rings is 2. The van der Waals surface area contributed by atoms with Crippen molar-refractivity contribution in [3.63, 3.8) is 0 Å². The quantitative estimate of drug-likeness (QED) is 0.363. The first-order valence-electron chi connectivity index (χ1n) is 14.4. The zero-order valence-corrected chi connectivity index (χ0v) is 26.4. The third-order valence-corrected chi connectivity index (χ3v) is 9.39. The number of amides is 3. The number of ether oxygens (including phenoxy) is 1. The van der Waals surface area contributed by atoms with E-state index in [1.54, 1.807) is 23.6 Å². The molecule has 5 rings (SSSR count). The average Bonchev–Trinajstić information content (AvgIpc) is 3.17. The molecule has 2 aliphatic heterocycles. The van der Waals surface area contributed by atoms with Gasteiger partial charge in [-0.1, -0.05) is 23.7 Å². The third-order valence-electron chi connectivity index (χ3n) is 8.28. The van der Waals surface area contributed by atoms with Gasteiger partial charge in [-0.05, 0) is 62.3 Å². The first-order valence-corrected chi connectivity index (χ1v) is 16.0. The number of piperidine rings is 1. The van der Waals surface area contributed by atoms with Gasteiger partial charge in [0.15, 0.2) is 0 Å². The summed E-state index contributed by atoms with van der Waals surface area (Å²) in [6.45, 7) is 2.81. The van der Waals surface area contributed by atoms with Gasteiger partial charge in [0, 0.05) is 55.1 Å². The van der Waals surface area contributed by atoms with Crippen molar-refractivity contribution in [2.75, 3.05) is 44.9 Å². The summed E-state index contributed by atoms with van der Waals surface area (Å²) in [5.41, 5.74) is 0.726. The molecule has 0 aliphatic carbocycles. The number of anilines is 1. The number of aromatic nitrogens is 2. The Kier molecular flexibility index (Phi) is 9.81. The van der Waals surface area contributed by atoms with Gasteiger partial charge in [0.05, 0.1) is 23.2 Å². The molecular formula is C31H35ClFN5O5S. The fraction of sp³-hybridized carbons (Fsp3) is 0.419. The SMILES string of the molecule is COC[C@H](C)n1c(=O)c(-c2cccc(F)c2Cl)cn(CC(=O)N2CCC(N3CCc4cc(SC)ccc4NC3=O)CC2)c1=O. The van der Waals surface area contributed by atoms with Crippen LogP contribution in [-0.4, -0.2) is 76.5 Å². The lowest BCUT2D eigenvalue weighted by Gasteiger charge is -2.38. The second-order valence-corrected chi connectivity index (χ2v) is 12.3. The van der Waals surface area contributed by atoms with E-state index in [1.165, 1.54) is 36.1 Å². The summed E-state index contributed by atoms with van der Waals surface area (Å²) >= 11 is 7.87. The highest BCUT2D eigenvalue weighted by Crippen LogP contribution is 2.29. The Morgan fingerprint density at radius 2 is 1.89 bits per heavy atom. The number of nitrogens with zero attached hydrogens (tertiary/aromatic N) is 4. The van der Waals surface area contributed by atoms with Crippen molar-refractivity contribution < 1.29 is 18.7 Å². The van der Waals surface area contributed by atoms with Crippen LogP contribution in [0.5, 0.6) is 0 Å². The van der Waals surface area contributed by atoms with E-state index in [1.807, 2.05) is 23.3 Å². The maximum absolute atomic E-state index is 14.3. The first kappa shape index (κ1) is 31.8. The number of hydrogen-bond acceptors (Lipinski definition) is 6. The normalized spacial score (nSPS) is 16.3. The summed E-state index contributed by atoms with van der Waals surface area (Å²) in [5, 5.41) is 2.79. The number of halogens is 2. The van der Waals surface area contributed by atoms with Crippen LogP contribution in [0.2, 0.25) is 5.02 Å². The molecular weight excluding hydrogens is 609 g/mol. The summed E-state index contributed by atoms with van der Waals surface area (Å²) in [4.78, 5) is 58.1. The van der Waals surface area contributed by atoms with Crippen LogP contribution in [0.3, 0.4) is 0 Å². The van der Waals surface area contributed by atoms with Crippen LogP contribution in [0.15, 0.2) is 57.1 Å². The first-order chi connectivity index (χ1) is 21.1. The minimum absolute atomic E-state index is 0.00128. The highest BCUT2D eigenvalue weighted by atomic mass is 35.5. The van der Waals surface area contributed by atoms with Gasteiger partial charge in [-0.25, -0.2) is 14.0 Å². The Bertz CT molecular complexity index is 1690. The largest absolute Gasteiger partial charge is 0.383 e. The lowest BCUT2D eigenvalue weighted by Crippen LogP contribution is -2.51. The van der Waals surface area contributed by atoms with Gasteiger partial charge in [0.2, 0.25) is 5.91 Å². The van der Waals surface area contributed by atoms with Crippen molar-refractivity contribution in [2.45, 2.75) is 49.7 Å². The van der Waals surface area contributed by atoms with Crippen LogP contribution >= 0.6 is 23.4 Å². The Morgan fingerprint density at radius 3 is 2.59 bits per heavy atom. The number of hydrogen-bond donors (Lipinski definition) is 1. The monoisotopic (exact) mass is 643 g/mol. The molecule has 0 unspecified atom stereocenters. The molecule has 13 heteroatoms. The number of nitrogens with one attached hydrogen (secondary N) is 1. The fourth-order valence-electron chi connectivity index (χ4n) is 5.91. The molecule has 0 saturated carbocycles. The molecule has 2 aromatic carbocycles. The van der Waals surface area contributed by atoms with Gasteiger partial charge < -0.3 is 19.9 Å². The van der Waals surface area contributed by atoms with Crippen LogP contribution in [0.4, 0.5) is 14.9 Å². The predicted molar refractivity (Wildman–Crippen MR) is 169 cm³/mol. The molecule has 0 bridgehead atoms. The van der Waals surface area contributed by atoms with Crippen molar-refractivity contribution in [1.82, 2.24) is 18.9 Å². The topological polar surface area (TPSA) is 106 Å². The highest BCUT2D eigenvalue weighted by molar-refractivity contribution is 7.98. The van der Waals surface area contributed by atoms with E-state index in [9.17, 15) is 23.6 Å². The van der Waals surface area contributed by atoms with Crippen molar-refractivity contribution in [2.24, 2.45) is 0 Å². The molecule has 3 heterocycles. The Balaban J connectivity index is 1.32. The molecule has 3 aromatic rings. The van der Waals surface area contributed by atoms with Crippen LogP contribution in [0.25, 0.3) is 11.1 Å². The zero-order valence-electron chi connectivity index (χ0n) is 24.8. The van der Waals surface area contributed by atoms with Gasteiger partial charge >= 0.3 is 11.7 Å². The molecule has 44 heavy (non-hydrogen) atoms. The van der Waals surface area contributed by atoms with E-state index in [0.717, 1.165) is 27.1 Å². The zero-order chi connectivity index (χ0) is 31.5. The van der Waals surface area contributed by atoms with Gasteiger partial charge in [0.25, 0.3) is 5.56 Å². The van der Waals surface area contributed by atoms with E-state index in [-0.39, 0.29) is 47.3 Å². The molecule has 10 nitrogen and oxygen atoms in total. The fourth-order valence-corrected chi connectivity index (χ4v) is 6.60. The standard InChI is InChI=1S/C31H35ClFN5O5S/c1-19(18-43-2)38-29(40)24(23-5-4-6-25(33)28(23)32)16-36(31(38)42)17-27(39)35-12-10-21(11-13-35)37-14-9-20-15-22(44-3)7-8-26(20)34-30(37)41/h4-8,15-16,19,21H,9-14,17-18H2,1-3H3,(H,34,41)/t19-/m0/s1. The van der Waals surface area contributed by atoms with Crippen LogP contribution < -0.4 is 16.6 Å². The van der Waals surface area contributed by atoms with Gasteiger partial charge in [-0.2, -0.15) is 0 Å². The maximum atomic E-state index is 14.3. The lowest BCUT2D eigenvalue weighted by molar-refractivity contribution is -0.133. The van der Waals surface area contributed by atoms with Crippen LogP contribution in [-0.2, 0) is 22.5 Å². The average molecular weight is 644 g/mol. The summed E-state index contributed by atoms with van der Waals surface area (Å²) in [6.07, 6.45) is 5.21. The molecule has 1 N–H and O–H groups in total. The molecule has 0 radical (unpaired) electrons. The lowest BCUT2D eigenvalue weighted by atomic mass is 10.0. The summed E-state index contributed by atoms with van der Waals surface area (Å²) < 4.78 is 21.7. The molecule has 2 aliphatic rings. The smallest absolute Gasteiger partial charge is 0.331 e. The van der Waals surface area contributed by atoms with E-state index in [2.05, 4.69) is 11.4 Å². The molecule has 1 aromatic heterocycles. The molecule has 234 valence electrons. The molecule has 1 atom stereocenters. The number of carbonyl (C=O) groups excluding carboxylic acids is 2. The molecule has 1 saturated heterocycles. The second kappa shape index (κ2) is 13.6. The Labute approximate surface area is 263 Å². The summed E-state index contributed by atoms with van der Waals surface area (Å²) in [5.74, 6) is -1.01. The van der Waals surface area contributed by atoms with E-state index in [4.69, 9.17) is 16.3 Å². The number of likely N-dealkylation sites (tertiary alicyclic amines) is 1. The Morgan fingerprint density at radius 1 is 1.14 bits per heavy atom. The molecule has 1 fully saturated rings. The minimum atomic E-state index is -0.705. The number of rotatable bonds is 8. The van der Waals surface area contributed by atoms with Crippen molar-refractivity contribution in [3.8, 4) is 11.1 Å². The number of urea groups is 1. The van der Waals surface area contributed by atoms with E-state index < -0.39 is 23.1 Å². The minimum Gasteiger partial charge on any atom is -0.383 e. The maximum Gasteiger partial charge on any atom is 0.331 e. The Hall–Kier alpha value is -3.61. The molecule has 0 spiro atoms. The molecule has 3 amide bonds. The van der Waals surface area contributed by atoms with E-state index in [0.29, 0.717) is 32.5 Å². The third kappa shape index (κ3) is 6.43. The number of carbonyl (C=O) groups is 2. The van der Waals surface area contributed by atoms with Crippen LogP contribution in [0.1, 0.15) is 31.4 Å². The van der Waals surface area contributed by atoms with Gasteiger partial charge in [0.1, 0.15) is 12.4 Å². The van der Waals surface area contributed by atoms with Crippen molar-refractivity contribution >= 4 is 41.0 Å². The van der Waals surface area contributed by atoms with E-state index >= 15 is 0 Å². The van der Waals surface area contributed by atoms with Crippen LogP contribution in [0, 0.1) is 5.82 Å². The number of methoxy groups -OCH3 is 1.